The Hall–Kier alpha value is -1.02. The van der Waals surface area contributed by atoms with Crippen LogP contribution in [0.5, 0.6) is 5.75 Å². The molecule has 0 aliphatic carbocycles. The Morgan fingerprint density at radius 3 is 2.00 bits per heavy atom. The summed E-state index contributed by atoms with van der Waals surface area (Å²) in [5.41, 5.74) is -3.76. The average molecular weight is 326 g/mol. The van der Waals surface area contributed by atoms with Crippen molar-refractivity contribution in [2.24, 2.45) is 0 Å². The van der Waals surface area contributed by atoms with Crippen molar-refractivity contribution in [1.29, 1.82) is 0 Å². The second-order valence-electron chi connectivity index (χ2n) is 5.61. The molecule has 0 heterocycles. The first-order valence-corrected chi connectivity index (χ1v) is 10.8. The fraction of sp³-hybridized carbons (Fsp3) is 0.500. The fourth-order valence-electron chi connectivity index (χ4n) is 1.96. The SMILES string of the molecule is Cc1ccc(OS(=O)(=O)C(F)(F)F)c([Si](C)(C)C)c1C. The van der Waals surface area contributed by atoms with E-state index in [1.54, 1.807) is 13.0 Å². The van der Waals surface area contributed by atoms with Crippen LogP contribution in [0.1, 0.15) is 11.1 Å². The minimum Gasteiger partial charge on any atom is -0.376 e. The summed E-state index contributed by atoms with van der Waals surface area (Å²) >= 11 is 0. The molecule has 0 unspecified atom stereocenters. The summed E-state index contributed by atoms with van der Waals surface area (Å²) in [5.74, 6) is -0.218. The Morgan fingerprint density at radius 1 is 1.10 bits per heavy atom. The topological polar surface area (TPSA) is 43.4 Å². The summed E-state index contributed by atoms with van der Waals surface area (Å²) < 4.78 is 63.9. The molecule has 1 aromatic carbocycles. The van der Waals surface area contributed by atoms with Crippen LogP contribution in [-0.4, -0.2) is 22.0 Å². The molecule has 0 aliphatic heterocycles. The summed E-state index contributed by atoms with van der Waals surface area (Å²) in [5, 5.41) is 0.588. The monoisotopic (exact) mass is 326 g/mol. The van der Waals surface area contributed by atoms with Gasteiger partial charge in [0.15, 0.2) is 0 Å². The third-order valence-electron chi connectivity index (χ3n) is 2.93. The summed E-state index contributed by atoms with van der Waals surface area (Å²) in [6.07, 6.45) is 0. The lowest BCUT2D eigenvalue weighted by Crippen LogP contribution is -2.42. The molecule has 3 nitrogen and oxygen atoms in total. The number of rotatable bonds is 3. The van der Waals surface area contributed by atoms with Crippen molar-refractivity contribution in [1.82, 2.24) is 0 Å². The lowest BCUT2D eigenvalue weighted by atomic mass is 10.1. The number of alkyl halides is 3. The van der Waals surface area contributed by atoms with Gasteiger partial charge in [0.25, 0.3) is 0 Å². The highest BCUT2D eigenvalue weighted by atomic mass is 32.2. The maximum atomic E-state index is 12.4. The van der Waals surface area contributed by atoms with Crippen LogP contribution in [0.15, 0.2) is 12.1 Å². The summed E-state index contributed by atoms with van der Waals surface area (Å²) in [7, 11) is -7.71. The third-order valence-corrected chi connectivity index (χ3v) is 6.02. The van der Waals surface area contributed by atoms with Crippen molar-refractivity contribution >= 4 is 23.4 Å². The molecule has 0 saturated carbocycles. The van der Waals surface area contributed by atoms with Crippen LogP contribution in [-0.2, 0) is 10.1 Å². The van der Waals surface area contributed by atoms with Crippen LogP contribution < -0.4 is 9.37 Å². The molecule has 1 aromatic rings. The van der Waals surface area contributed by atoms with E-state index in [9.17, 15) is 21.6 Å². The molecule has 0 N–H and O–H groups in total. The van der Waals surface area contributed by atoms with Gasteiger partial charge in [-0.25, -0.2) is 0 Å². The lowest BCUT2D eigenvalue weighted by Gasteiger charge is -2.24. The smallest absolute Gasteiger partial charge is 0.376 e. The minimum absolute atomic E-state index is 0.218. The van der Waals surface area contributed by atoms with Crippen molar-refractivity contribution in [3.63, 3.8) is 0 Å². The molecule has 0 amide bonds. The van der Waals surface area contributed by atoms with Gasteiger partial charge in [0, 0.05) is 0 Å². The molecular formula is C12H17F3O3SSi. The van der Waals surface area contributed by atoms with Gasteiger partial charge in [-0.15, -0.1) is 0 Å². The van der Waals surface area contributed by atoms with Gasteiger partial charge < -0.3 is 4.18 Å². The molecule has 0 aromatic heterocycles. The van der Waals surface area contributed by atoms with E-state index in [1.807, 2.05) is 26.6 Å². The quantitative estimate of drug-likeness (QED) is 0.487. The Labute approximate surface area is 117 Å². The van der Waals surface area contributed by atoms with Gasteiger partial charge in [-0.05, 0) is 36.2 Å². The van der Waals surface area contributed by atoms with Gasteiger partial charge >= 0.3 is 15.6 Å². The molecule has 0 atom stereocenters. The molecule has 8 heteroatoms. The standard InChI is InChI=1S/C12H17F3O3SSi/c1-8-6-7-10(11(9(8)2)20(3,4)5)18-19(16,17)12(13,14)15/h6-7H,1-5H3. The van der Waals surface area contributed by atoms with Crippen LogP contribution in [0.4, 0.5) is 13.2 Å². The predicted molar refractivity (Wildman–Crippen MR) is 74.5 cm³/mol. The van der Waals surface area contributed by atoms with Crippen LogP contribution in [0.2, 0.25) is 19.6 Å². The summed E-state index contributed by atoms with van der Waals surface area (Å²) in [4.78, 5) is 0. The first kappa shape index (κ1) is 17.0. The van der Waals surface area contributed by atoms with Crippen molar-refractivity contribution in [2.45, 2.75) is 39.0 Å². The van der Waals surface area contributed by atoms with Gasteiger partial charge in [-0.2, -0.15) is 21.6 Å². The van der Waals surface area contributed by atoms with Crippen LogP contribution in [0.25, 0.3) is 0 Å². The number of hydrogen-bond acceptors (Lipinski definition) is 3. The second kappa shape index (κ2) is 5.07. The van der Waals surface area contributed by atoms with E-state index in [-0.39, 0.29) is 5.75 Å². The first-order chi connectivity index (χ1) is 8.77. The summed E-state index contributed by atoms with van der Waals surface area (Å²) in [6, 6.07) is 2.85. The fourth-order valence-corrected chi connectivity index (χ4v) is 4.70. The maximum Gasteiger partial charge on any atom is 0.534 e. The molecule has 0 fully saturated rings. The number of aryl methyl sites for hydroxylation is 1. The molecule has 0 radical (unpaired) electrons. The van der Waals surface area contributed by atoms with Crippen LogP contribution in [0.3, 0.4) is 0 Å². The van der Waals surface area contributed by atoms with Gasteiger partial charge in [0.1, 0.15) is 5.75 Å². The van der Waals surface area contributed by atoms with E-state index in [4.69, 9.17) is 0 Å². The highest BCUT2D eigenvalue weighted by Gasteiger charge is 2.49. The average Bonchev–Trinajstić information content (AvgIpc) is 2.19. The van der Waals surface area contributed by atoms with E-state index < -0.39 is 23.7 Å². The largest absolute Gasteiger partial charge is 0.534 e. The van der Waals surface area contributed by atoms with E-state index in [2.05, 4.69) is 4.18 Å². The molecular weight excluding hydrogens is 309 g/mol. The Bertz CT molecular complexity index is 616. The number of halogens is 3. The van der Waals surface area contributed by atoms with Crippen LogP contribution >= 0.6 is 0 Å². The Kier molecular flexibility index (Phi) is 4.31. The zero-order valence-electron chi connectivity index (χ0n) is 11.9. The number of hydrogen-bond donors (Lipinski definition) is 0. The molecule has 0 saturated heterocycles. The maximum absolute atomic E-state index is 12.4. The third kappa shape index (κ3) is 3.35. The second-order valence-corrected chi connectivity index (χ2v) is 12.2. The first-order valence-electron chi connectivity index (χ1n) is 5.89. The van der Waals surface area contributed by atoms with Gasteiger partial charge in [0.2, 0.25) is 0 Å². The van der Waals surface area contributed by atoms with Crippen LogP contribution in [0, 0.1) is 13.8 Å². The highest BCUT2D eigenvalue weighted by molar-refractivity contribution is 7.88. The molecule has 0 bridgehead atoms. The zero-order valence-corrected chi connectivity index (χ0v) is 13.7. The van der Waals surface area contributed by atoms with Gasteiger partial charge in [-0.3, -0.25) is 0 Å². The van der Waals surface area contributed by atoms with E-state index in [0.29, 0.717) is 5.19 Å². The highest BCUT2D eigenvalue weighted by Crippen LogP contribution is 2.28. The number of benzene rings is 1. The van der Waals surface area contributed by atoms with E-state index in [0.717, 1.165) is 11.1 Å². The van der Waals surface area contributed by atoms with Gasteiger partial charge in [-0.1, -0.05) is 25.7 Å². The van der Waals surface area contributed by atoms with Crippen molar-refractivity contribution in [3.8, 4) is 5.75 Å². The summed E-state index contributed by atoms with van der Waals surface area (Å²) in [6.45, 7) is 9.34. The predicted octanol–water partition coefficient (Wildman–Crippen LogP) is 3.08. The van der Waals surface area contributed by atoms with Crippen molar-refractivity contribution in [2.75, 3.05) is 0 Å². The Morgan fingerprint density at radius 2 is 1.60 bits per heavy atom. The minimum atomic E-state index is -5.64. The molecule has 20 heavy (non-hydrogen) atoms. The van der Waals surface area contributed by atoms with Crippen molar-refractivity contribution in [3.05, 3.63) is 23.3 Å². The molecule has 0 aliphatic rings. The molecule has 114 valence electrons. The van der Waals surface area contributed by atoms with Gasteiger partial charge in [0.05, 0.1) is 8.07 Å². The molecule has 1 rings (SSSR count). The zero-order chi connectivity index (χ0) is 15.9. The lowest BCUT2D eigenvalue weighted by molar-refractivity contribution is -0.0499. The van der Waals surface area contributed by atoms with Crippen molar-refractivity contribution < 1.29 is 25.8 Å². The molecule has 0 spiro atoms. The van der Waals surface area contributed by atoms with E-state index in [1.165, 1.54) is 6.07 Å². The van der Waals surface area contributed by atoms with E-state index >= 15 is 0 Å². The normalized spacial score (nSPS) is 13.4. The Balaban J connectivity index is 3.46.